The van der Waals surface area contributed by atoms with Gasteiger partial charge in [0.15, 0.2) is 0 Å². The first kappa shape index (κ1) is 20.0. The fourth-order valence-corrected chi connectivity index (χ4v) is 7.70. The zero-order valence-corrected chi connectivity index (χ0v) is 21.2. The summed E-state index contributed by atoms with van der Waals surface area (Å²) in [4.78, 5) is 2.56. The summed E-state index contributed by atoms with van der Waals surface area (Å²) in [6.07, 6.45) is 10.2. The van der Waals surface area contributed by atoms with Crippen LogP contribution in [0.15, 0.2) is 122 Å². The molecule has 0 saturated carbocycles. The summed E-state index contributed by atoms with van der Waals surface area (Å²) >= 11 is 0. The third-order valence-corrected chi connectivity index (χ3v) is 9.15. The molecule has 8 aromatic rings. The molecule has 0 spiro atoms. The third-order valence-electron chi connectivity index (χ3n) is 9.15. The van der Waals surface area contributed by atoms with Gasteiger partial charge in [-0.3, -0.25) is 0 Å². The van der Waals surface area contributed by atoms with Crippen LogP contribution < -0.4 is 4.90 Å². The minimum atomic E-state index is 0.314. The Bertz CT molecular complexity index is 2380. The van der Waals surface area contributed by atoms with Gasteiger partial charge in [0.1, 0.15) is 0 Å². The second-order valence-electron chi connectivity index (χ2n) is 10.9. The van der Waals surface area contributed by atoms with Gasteiger partial charge >= 0.3 is 0 Å². The first-order valence-electron chi connectivity index (χ1n) is 13.7. The summed E-state index contributed by atoms with van der Waals surface area (Å²) in [5, 5.41) is 7.83. The summed E-state index contributed by atoms with van der Waals surface area (Å²) < 4.78 is 4.88. The van der Waals surface area contributed by atoms with E-state index in [1.54, 1.807) is 0 Å². The molecule has 3 heteroatoms. The van der Waals surface area contributed by atoms with E-state index in [4.69, 9.17) is 0 Å². The van der Waals surface area contributed by atoms with Crippen LogP contribution in [0.5, 0.6) is 0 Å². The Balaban J connectivity index is 1.65. The van der Waals surface area contributed by atoms with Crippen molar-refractivity contribution in [2.24, 2.45) is 0 Å². The lowest BCUT2D eigenvalue weighted by Crippen LogP contribution is -2.24. The van der Waals surface area contributed by atoms with E-state index >= 15 is 0 Å². The molecule has 0 amide bonds. The van der Waals surface area contributed by atoms with Crippen molar-refractivity contribution in [1.82, 2.24) is 8.80 Å². The second kappa shape index (κ2) is 6.89. The molecule has 2 aliphatic heterocycles. The highest BCUT2D eigenvalue weighted by molar-refractivity contribution is 6.34. The second-order valence-corrected chi connectivity index (χ2v) is 10.9. The number of nitrogens with zero attached hydrogens (tertiary/aromatic N) is 3. The molecule has 0 bridgehead atoms. The number of benzene rings is 4. The molecule has 3 nitrogen and oxygen atoms in total. The minimum absolute atomic E-state index is 0.314. The third kappa shape index (κ3) is 2.27. The van der Waals surface area contributed by atoms with E-state index in [-0.39, 0.29) is 0 Å². The molecular weight excluding hydrogens is 474 g/mol. The highest BCUT2D eigenvalue weighted by atomic mass is 15.2. The maximum Gasteiger partial charge on any atom is 0.0655 e. The van der Waals surface area contributed by atoms with Crippen LogP contribution in [0.3, 0.4) is 0 Å². The van der Waals surface area contributed by atoms with Gasteiger partial charge in [0.2, 0.25) is 0 Å². The van der Waals surface area contributed by atoms with Crippen LogP contribution in [0.4, 0.5) is 5.69 Å². The molecular formula is C36H23N3. The van der Waals surface area contributed by atoms with E-state index in [1.165, 1.54) is 76.8 Å². The van der Waals surface area contributed by atoms with E-state index < -0.39 is 0 Å². The molecule has 0 fully saturated rings. The summed E-state index contributed by atoms with van der Waals surface area (Å²) in [6.45, 7) is 0. The molecule has 0 radical (unpaired) electrons. The molecule has 2 aliphatic rings. The van der Waals surface area contributed by atoms with Crippen LogP contribution in [-0.4, -0.2) is 8.80 Å². The average molecular weight is 498 g/mol. The van der Waals surface area contributed by atoms with Crippen molar-refractivity contribution in [2.75, 3.05) is 4.90 Å². The Morgan fingerprint density at radius 2 is 1.18 bits per heavy atom. The maximum absolute atomic E-state index is 2.56. The minimum Gasteiger partial charge on any atom is -0.339 e. The number of aromatic nitrogens is 2. The Kier molecular flexibility index (Phi) is 3.53. The Hall–Kier alpha value is -5.02. The lowest BCUT2D eigenvalue weighted by molar-refractivity contribution is 0.740. The molecule has 0 aliphatic carbocycles. The van der Waals surface area contributed by atoms with E-state index in [0.717, 1.165) is 6.42 Å². The monoisotopic (exact) mass is 497 g/mol. The van der Waals surface area contributed by atoms with Crippen LogP contribution in [0.25, 0.3) is 65.5 Å². The summed E-state index contributed by atoms with van der Waals surface area (Å²) in [6, 6.07) is 36.2. The zero-order valence-electron chi connectivity index (χ0n) is 21.2. The fourth-order valence-electron chi connectivity index (χ4n) is 7.70. The first-order chi connectivity index (χ1) is 19.4. The van der Waals surface area contributed by atoms with Crippen LogP contribution in [0, 0.1) is 0 Å². The van der Waals surface area contributed by atoms with Crippen molar-refractivity contribution in [2.45, 2.75) is 12.5 Å². The number of hydrogen-bond acceptors (Lipinski definition) is 1. The Labute approximate surface area is 224 Å². The lowest BCUT2D eigenvalue weighted by atomic mass is 9.83. The predicted octanol–water partition coefficient (Wildman–Crippen LogP) is 9.25. The lowest BCUT2D eigenvalue weighted by Gasteiger charge is -2.37. The average Bonchev–Trinajstić information content (AvgIpc) is 3.77. The van der Waals surface area contributed by atoms with Gasteiger partial charge in [-0.1, -0.05) is 78.9 Å². The normalized spacial score (nSPS) is 16.2. The van der Waals surface area contributed by atoms with Gasteiger partial charge in [-0.2, -0.15) is 0 Å². The van der Waals surface area contributed by atoms with Gasteiger partial charge < -0.3 is 13.7 Å². The van der Waals surface area contributed by atoms with Crippen molar-refractivity contribution in [1.29, 1.82) is 0 Å². The van der Waals surface area contributed by atoms with Gasteiger partial charge in [-0.05, 0) is 52.6 Å². The summed E-state index contributed by atoms with van der Waals surface area (Å²) in [5.41, 5.74) is 10.5. The molecule has 0 saturated heterocycles. The standard InChI is InChI=1S/C36H23N3/c1-4-13-25-22(10-1)28-16-7-19-37(28)34-31(25)35-33(27-15-6-3-12-24(27)29-17-8-20-38(29)35)36-32(34)26-14-5-2-11-23(26)30-18-9-21-39(30)36/h1-17,19-21,30H,18H2. The van der Waals surface area contributed by atoms with Crippen molar-refractivity contribution in [3.63, 3.8) is 0 Å². The number of pyridine rings is 2. The first-order valence-corrected chi connectivity index (χ1v) is 13.7. The van der Waals surface area contributed by atoms with Crippen LogP contribution in [0.1, 0.15) is 18.0 Å². The van der Waals surface area contributed by atoms with Crippen LogP contribution in [-0.2, 0) is 0 Å². The molecule has 10 rings (SSSR count). The number of hydrogen-bond donors (Lipinski definition) is 0. The largest absolute Gasteiger partial charge is 0.339 e. The van der Waals surface area contributed by atoms with Gasteiger partial charge in [0.05, 0.1) is 33.8 Å². The Morgan fingerprint density at radius 1 is 0.564 bits per heavy atom. The summed E-state index contributed by atoms with van der Waals surface area (Å²) in [7, 11) is 0. The topological polar surface area (TPSA) is 12.1 Å². The van der Waals surface area contributed by atoms with Gasteiger partial charge in [-0.25, -0.2) is 0 Å². The molecule has 1 atom stereocenters. The van der Waals surface area contributed by atoms with E-state index in [9.17, 15) is 0 Å². The number of fused-ring (bicyclic) bond motifs is 21. The SMILES string of the molecule is C1=CN2c3c(c4c(c5ccccc5c5cccn54)c4c3c3ccccc3c3cccn34)-c3ccccc3C2C1. The predicted molar refractivity (Wildman–Crippen MR) is 163 cm³/mol. The van der Waals surface area contributed by atoms with Crippen molar-refractivity contribution in [3.8, 4) is 11.1 Å². The zero-order chi connectivity index (χ0) is 25.2. The van der Waals surface area contributed by atoms with Crippen molar-refractivity contribution >= 4 is 60.1 Å². The fraction of sp³-hybridized carbons (Fsp3) is 0.0556. The Morgan fingerprint density at radius 3 is 1.92 bits per heavy atom. The molecule has 1 unspecified atom stereocenters. The molecule has 39 heavy (non-hydrogen) atoms. The van der Waals surface area contributed by atoms with Gasteiger partial charge in [0.25, 0.3) is 0 Å². The van der Waals surface area contributed by atoms with Crippen LogP contribution >= 0.6 is 0 Å². The smallest absolute Gasteiger partial charge is 0.0655 e. The van der Waals surface area contributed by atoms with Gasteiger partial charge in [-0.15, -0.1) is 0 Å². The van der Waals surface area contributed by atoms with Crippen molar-refractivity contribution < 1.29 is 0 Å². The summed E-state index contributed by atoms with van der Waals surface area (Å²) in [5.74, 6) is 0. The highest BCUT2D eigenvalue weighted by Gasteiger charge is 2.36. The van der Waals surface area contributed by atoms with Crippen LogP contribution in [0.2, 0.25) is 0 Å². The molecule has 4 aromatic carbocycles. The van der Waals surface area contributed by atoms with Crippen molar-refractivity contribution in [3.05, 3.63) is 127 Å². The van der Waals surface area contributed by atoms with E-state index in [0.29, 0.717) is 6.04 Å². The molecule has 182 valence electrons. The van der Waals surface area contributed by atoms with E-state index in [2.05, 4.69) is 135 Å². The molecule has 6 heterocycles. The quantitative estimate of drug-likeness (QED) is 0.190. The maximum atomic E-state index is 2.56. The number of anilines is 1. The molecule has 4 aromatic heterocycles. The van der Waals surface area contributed by atoms with E-state index in [1.807, 2.05) is 0 Å². The van der Waals surface area contributed by atoms with Gasteiger partial charge in [0, 0.05) is 45.7 Å². The molecule has 0 N–H and O–H groups in total. The number of rotatable bonds is 0. The highest BCUT2D eigenvalue weighted by Crippen LogP contribution is 2.56.